The zero-order valence-electron chi connectivity index (χ0n) is 18.7. The van der Waals surface area contributed by atoms with Crippen LogP contribution in [0.3, 0.4) is 0 Å². The number of ether oxygens (including phenoxy) is 2. The predicted molar refractivity (Wildman–Crippen MR) is 120 cm³/mol. The lowest BCUT2D eigenvalue weighted by molar-refractivity contribution is -0.138. The van der Waals surface area contributed by atoms with Gasteiger partial charge >= 0.3 is 6.18 Å². The molecule has 182 valence electrons. The highest BCUT2D eigenvalue weighted by Crippen LogP contribution is 2.36. The van der Waals surface area contributed by atoms with Crippen LogP contribution in [0.25, 0.3) is 0 Å². The van der Waals surface area contributed by atoms with E-state index < -0.39 is 23.6 Å². The van der Waals surface area contributed by atoms with Crippen molar-refractivity contribution in [3.8, 4) is 5.75 Å². The van der Waals surface area contributed by atoms with Crippen molar-refractivity contribution < 1.29 is 32.2 Å². The summed E-state index contributed by atoms with van der Waals surface area (Å²) in [5.41, 5.74) is 0.224. The van der Waals surface area contributed by atoms with E-state index in [-0.39, 0.29) is 31.0 Å². The highest BCUT2D eigenvalue weighted by Gasteiger charge is 2.37. The summed E-state index contributed by atoms with van der Waals surface area (Å²) < 4.78 is 51.9. The average molecular weight is 477 g/mol. The SMILES string of the molecule is COc1ccccc1N1CC(C(=O)NCc2ccc(N3CCOCC3)cc2C(F)(F)F)CC1=O. The van der Waals surface area contributed by atoms with Crippen LogP contribution in [0.15, 0.2) is 42.5 Å². The number of alkyl halides is 3. The van der Waals surface area contributed by atoms with Gasteiger partial charge in [0, 0.05) is 38.3 Å². The third-order valence-electron chi connectivity index (χ3n) is 6.10. The molecule has 1 N–H and O–H groups in total. The summed E-state index contributed by atoms with van der Waals surface area (Å²) in [4.78, 5) is 28.6. The normalized spacial score (nSPS) is 18.8. The summed E-state index contributed by atoms with van der Waals surface area (Å²) in [7, 11) is 1.49. The van der Waals surface area contributed by atoms with E-state index in [1.54, 1.807) is 30.3 Å². The molecule has 0 spiro atoms. The summed E-state index contributed by atoms with van der Waals surface area (Å²) in [5.74, 6) is -0.863. The van der Waals surface area contributed by atoms with Crippen molar-refractivity contribution in [2.24, 2.45) is 5.92 Å². The van der Waals surface area contributed by atoms with Crippen LogP contribution in [0.1, 0.15) is 17.5 Å². The molecule has 2 aromatic rings. The number of carbonyl (C=O) groups excluding carboxylic acids is 2. The number of para-hydroxylation sites is 2. The maximum absolute atomic E-state index is 13.8. The smallest absolute Gasteiger partial charge is 0.416 e. The number of hydrogen-bond donors (Lipinski definition) is 1. The van der Waals surface area contributed by atoms with Gasteiger partial charge in [-0.15, -0.1) is 0 Å². The van der Waals surface area contributed by atoms with Gasteiger partial charge in [-0.05, 0) is 29.8 Å². The number of anilines is 2. The first kappa shape index (κ1) is 23.9. The molecule has 0 radical (unpaired) electrons. The Morgan fingerprint density at radius 1 is 1.18 bits per heavy atom. The van der Waals surface area contributed by atoms with Crippen molar-refractivity contribution in [1.29, 1.82) is 0 Å². The lowest BCUT2D eigenvalue weighted by atomic mass is 10.0. The number of rotatable bonds is 6. The highest BCUT2D eigenvalue weighted by molar-refractivity contribution is 6.01. The van der Waals surface area contributed by atoms with Crippen molar-refractivity contribution in [1.82, 2.24) is 5.32 Å². The standard InChI is InChI=1S/C24H26F3N3O4/c1-33-21-5-3-2-4-20(21)30-15-17(12-22(30)31)23(32)28-14-16-6-7-18(13-19(16)24(25,26)27)29-8-10-34-11-9-29/h2-7,13,17H,8-12,14-15H2,1H3,(H,28,32). The number of nitrogens with zero attached hydrogens (tertiary/aromatic N) is 2. The molecule has 0 saturated carbocycles. The van der Waals surface area contributed by atoms with E-state index >= 15 is 0 Å². The van der Waals surface area contributed by atoms with E-state index in [1.165, 1.54) is 18.1 Å². The van der Waals surface area contributed by atoms with E-state index in [0.29, 0.717) is 43.4 Å². The molecule has 2 fully saturated rings. The minimum atomic E-state index is -4.56. The van der Waals surface area contributed by atoms with Crippen LogP contribution >= 0.6 is 0 Å². The Hall–Kier alpha value is -3.27. The second kappa shape index (κ2) is 9.92. The van der Waals surface area contributed by atoms with Gasteiger partial charge < -0.3 is 24.6 Å². The van der Waals surface area contributed by atoms with E-state index in [9.17, 15) is 22.8 Å². The van der Waals surface area contributed by atoms with Crippen LogP contribution in [0.4, 0.5) is 24.5 Å². The molecule has 2 saturated heterocycles. The minimum absolute atomic E-state index is 0.0218. The van der Waals surface area contributed by atoms with Gasteiger partial charge in [0.2, 0.25) is 11.8 Å². The summed E-state index contributed by atoms with van der Waals surface area (Å²) in [5, 5.41) is 2.59. The molecule has 1 atom stereocenters. The molecule has 2 amide bonds. The molecule has 0 aliphatic carbocycles. The minimum Gasteiger partial charge on any atom is -0.495 e. The fraction of sp³-hybridized carbons (Fsp3) is 0.417. The molecule has 2 aliphatic rings. The second-order valence-corrected chi connectivity index (χ2v) is 8.23. The highest BCUT2D eigenvalue weighted by atomic mass is 19.4. The lowest BCUT2D eigenvalue weighted by Gasteiger charge is -2.29. The topological polar surface area (TPSA) is 71.1 Å². The number of amides is 2. The van der Waals surface area contributed by atoms with Gasteiger partial charge in [-0.25, -0.2) is 0 Å². The van der Waals surface area contributed by atoms with Gasteiger partial charge in [-0.2, -0.15) is 13.2 Å². The number of methoxy groups -OCH3 is 1. The predicted octanol–water partition coefficient (Wildman–Crippen LogP) is 3.22. The summed E-state index contributed by atoms with van der Waals surface area (Å²) in [6.07, 6.45) is -4.58. The van der Waals surface area contributed by atoms with Crippen LogP contribution in [0.5, 0.6) is 5.75 Å². The number of carbonyl (C=O) groups is 2. The third kappa shape index (κ3) is 5.11. The fourth-order valence-electron chi connectivity index (χ4n) is 4.30. The van der Waals surface area contributed by atoms with Crippen molar-refractivity contribution >= 4 is 23.2 Å². The van der Waals surface area contributed by atoms with Gasteiger partial charge in [0.25, 0.3) is 0 Å². The van der Waals surface area contributed by atoms with Crippen molar-refractivity contribution in [2.75, 3.05) is 49.8 Å². The largest absolute Gasteiger partial charge is 0.495 e. The Morgan fingerprint density at radius 2 is 1.91 bits per heavy atom. The monoisotopic (exact) mass is 477 g/mol. The van der Waals surface area contributed by atoms with Crippen LogP contribution < -0.4 is 19.9 Å². The molecular formula is C24H26F3N3O4. The van der Waals surface area contributed by atoms with Crippen LogP contribution in [-0.2, 0) is 27.0 Å². The molecule has 2 heterocycles. The Bertz CT molecular complexity index is 1050. The number of hydrogen-bond acceptors (Lipinski definition) is 5. The first-order valence-corrected chi connectivity index (χ1v) is 11.0. The summed E-state index contributed by atoms with van der Waals surface area (Å²) >= 11 is 0. The zero-order valence-corrected chi connectivity index (χ0v) is 18.7. The van der Waals surface area contributed by atoms with Crippen LogP contribution in [0.2, 0.25) is 0 Å². The summed E-state index contributed by atoms with van der Waals surface area (Å²) in [6.45, 7) is 1.82. The Kier molecular flexibility index (Phi) is 6.97. The van der Waals surface area contributed by atoms with E-state index in [4.69, 9.17) is 9.47 Å². The van der Waals surface area contributed by atoms with Gasteiger partial charge in [0.1, 0.15) is 5.75 Å². The first-order valence-electron chi connectivity index (χ1n) is 11.0. The summed E-state index contributed by atoms with van der Waals surface area (Å²) in [6, 6.07) is 11.1. The van der Waals surface area contributed by atoms with Crippen LogP contribution in [0, 0.1) is 5.92 Å². The van der Waals surface area contributed by atoms with Gasteiger partial charge in [-0.1, -0.05) is 18.2 Å². The van der Waals surface area contributed by atoms with Gasteiger partial charge in [-0.3, -0.25) is 9.59 Å². The quantitative estimate of drug-likeness (QED) is 0.692. The zero-order chi connectivity index (χ0) is 24.3. The molecule has 1 unspecified atom stereocenters. The van der Waals surface area contributed by atoms with E-state index in [0.717, 1.165) is 6.07 Å². The Morgan fingerprint density at radius 3 is 2.62 bits per heavy atom. The number of benzene rings is 2. The molecule has 2 aromatic carbocycles. The Balaban J connectivity index is 1.45. The molecule has 0 bridgehead atoms. The number of morpholine rings is 1. The second-order valence-electron chi connectivity index (χ2n) is 8.23. The number of halogens is 3. The maximum atomic E-state index is 13.8. The molecule has 2 aliphatic heterocycles. The third-order valence-corrected chi connectivity index (χ3v) is 6.10. The maximum Gasteiger partial charge on any atom is 0.416 e. The van der Waals surface area contributed by atoms with E-state index in [2.05, 4.69) is 5.32 Å². The van der Waals surface area contributed by atoms with Crippen molar-refractivity contribution in [3.05, 3.63) is 53.6 Å². The Labute approximate surface area is 195 Å². The average Bonchev–Trinajstić information content (AvgIpc) is 3.23. The molecule has 7 nitrogen and oxygen atoms in total. The molecule has 34 heavy (non-hydrogen) atoms. The fourth-order valence-corrected chi connectivity index (χ4v) is 4.30. The van der Waals surface area contributed by atoms with Gasteiger partial charge in [0.15, 0.2) is 0 Å². The van der Waals surface area contributed by atoms with Crippen molar-refractivity contribution in [3.63, 3.8) is 0 Å². The lowest BCUT2D eigenvalue weighted by Crippen LogP contribution is -2.36. The number of nitrogens with one attached hydrogen (secondary N) is 1. The molecular weight excluding hydrogens is 451 g/mol. The molecule has 0 aromatic heterocycles. The van der Waals surface area contributed by atoms with Gasteiger partial charge in [0.05, 0.1) is 37.5 Å². The van der Waals surface area contributed by atoms with E-state index in [1.807, 2.05) is 4.90 Å². The molecule has 10 heteroatoms. The molecule has 4 rings (SSSR count). The van der Waals surface area contributed by atoms with Crippen LogP contribution in [-0.4, -0.2) is 51.8 Å². The first-order chi connectivity index (χ1) is 16.3. The van der Waals surface area contributed by atoms with Crippen molar-refractivity contribution in [2.45, 2.75) is 19.1 Å².